The summed E-state index contributed by atoms with van der Waals surface area (Å²) in [5.74, 6) is -0.393. The van der Waals surface area contributed by atoms with E-state index in [-0.39, 0.29) is 11.8 Å². The lowest BCUT2D eigenvalue weighted by molar-refractivity contribution is 0.0601. The molecule has 88 valence electrons. The zero-order chi connectivity index (χ0) is 12.6. The Bertz CT molecular complexity index is 610. The number of carbonyl (C=O) groups is 2. The molecule has 4 heteroatoms. The predicted molar refractivity (Wildman–Crippen MR) is 64.4 cm³/mol. The highest BCUT2D eigenvalue weighted by Gasteiger charge is 2.13. The minimum absolute atomic E-state index is 0.0154. The number of nitrogens with one attached hydrogen (secondary N) is 1. The van der Waals surface area contributed by atoms with Crippen LogP contribution in [-0.4, -0.2) is 23.8 Å². The molecule has 0 spiro atoms. The summed E-state index contributed by atoms with van der Waals surface area (Å²) in [7, 11) is 1.34. The first kappa shape index (κ1) is 11.4. The summed E-state index contributed by atoms with van der Waals surface area (Å²) >= 11 is 0. The zero-order valence-corrected chi connectivity index (χ0v) is 9.96. The Morgan fingerprint density at radius 1 is 1.29 bits per heavy atom. The molecule has 0 atom stereocenters. The molecule has 17 heavy (non-hydrogen) atoms. The van der Waals surface area contributed by atoms with Gasteiger partial charge in [0.1, 0.15) is 0 Å². The summed E-state index contributed by atoms with van der Waals surface area (Å²) in [6.07, 6.45) is 0. The van der Waals surface area contributed by atoms with Crippen LogP contribution >= 0.6 is 0 Å². The molecular weight excluding hydrogens is 218 g/mol. The van der Waals surface area contributed by atoms with Crippen molar-refractivity contribution in [3.63, 3.8) is 0 Å². The first-order valence-electron chi connectivity index (χ1n) is 5.26. The van der Waals surface area contributed by atoms with Crippen molar-refractivity contribution >= 4 is 22.7 Å². The number of ketones is 1. The number of Topliss-reactive ketones (excluding diaryl/α,β-unsaturated/α-hetero) is 1. The largest absolute Gasteiger partial charge is 0.465 e. The molecule has 0 saturated heterocycles. The molecule has 0 fully saturated rings. The van der Waals surface area contributed by atoms with E-state index in [9.17, 15) is 9.59 Å². The van der Waals surface area contributed by atoms with Crippen LogP contribution in [0.15, 0.2) is 18.2 Å². The fraction of sp³-hybridized carbons (Fsp3) is 0.231. The second-order valence-corrected chi connectivity index (χ2v) is 3.93. The number of aromatic amines is 1. The second kappa shape index (κ2) is 4.05. The first-order chi connectivity index (χ1) is 8.04. The van der Waals surface area contributed by atoms with Crippen LogP contribution in [0.5, 0.6) is 0 Å². The molecule has 1 aromatic carbocycles. The van der Waals surface area contributed by atoms with Crippen molar-refractivity contribution in [2.24, 2.45) is 0 Å². The van der Waals surface area contributed by atoms with Crippen molar-refractivity contribution in [2.75, 3.05) is 7.11 Å². The van der Waals surface area contributed by atoms with E-state index in [2.05, 4.69) is 9.72 Å². The monoisotopic (exact) mass is 231 g/mol. The number of aromatic nitrogens is 1. The number of ether oxygens (including phenoxy) is 1. The molecule has 2 aromatic rings. The van der Waals surface area contributed by atoms with Crippen LogP contribution in [0.2, 0.25) is 0 Å². The van der Waals surface area contributed by atoms with E-state index >= 15 is 0 Å². The molecule has 0 aliphatic rings. The average Bonchev–Trinajstić information content (AvgIpc) is 2.65. The lowest BCUT2D eigenvalue weighted by atomic mass is 10.1. The van der Waals surface area contributed by atoms with E-state index in [1.165, 1.54) is 14.0 Å². The van der Waals surface area contributed by atoms with Gasteiger partial charge in [0.15, 0.2) is 5.78 Å². The third-order valence-electron chi connectivity index (χ3n) is 2.83. The Balaban J connectivity index is 2.65. The molecule has 4 nitrogen and oxygen atoms in total. The van der Waals surface area contributed by atoms with Gasteiger partial charge in [-0.25, -0.2) is 4.79 Å². The van der Waals surface area contributed by atoms with Crippen molar-refractivity contribution in [3.05, 3.63) is 35.0 Å². The van der Waals surface area contributed by atoms with Crippen LogP contribution in [0.1, 0.15) is 33.3 Å². The Hall–Kier alpha value is -2.10. The van der Waals surface area contributed by atoms with Gasteiger partial charge in [0.25, 0.3) is 0 Å². The van der Waals surface area contributed by atoms with Crippen molar-refractivity contribution in [1.82, 2.24) is 4.98 Å². The maximum absolute atomic E-state index is 11.4. The summed E-state index contributed by atoms with van der Waals surface area (Å²) < 4.78 is 4.66. The summed E-state index contributed by atoms with van der Waals surface area (Å²) in [6, 6.07) is 5.19. The molecule has 0 aliphatic carbocycles. The van der Waals surface area contributed by atoms with Crippen molar-refractivity contribution in [3.8, 4) is 0 Å². The molecule has 1 N–H and O–H groups in total. The molecule has 0 bridgehead atoms. The fourth-order valence-electron chi connectivity index (χ4n) is 1.92. The standard InChI is InChI=1S/C13H13NO3/c1-7-10-6-9(13(16)17-3)4-5-11(10)14-12(7)8(2)15/h4-6,14H,1-3H3. The zero-order valence-electron chi connectivity index (χ0n) is 9.96. The van der Waals surface area contributed by atoms with Gasteiger partial charge in [-0.3, -0.25) is 4.79 Å². The van der Waals surface area contributed by atoms with Gasteiger partial charge < -0.3 is 9.72 Å². The molecular formula is C13H13NO3. The average molecular weight is 231 g/mol. The van der Waals surface area contributed by atoms with Gasteiger partial charge in [-0.05, 0) is 30.7 Å². The highest BCUT2D eigenvalue weighted by molar-refractivity contribution is 6.02. The van der Waals surface area contributed by atoms with E-state index < -0.39 is 0 Å². The molecule has 0 radical (unpaired) electrons. The number of H-pyrrole nitrogens is 1. The van der Waals surface area contributed by atoms with Crippen LogP contribution in [0, 0.1) is 6.92 Å². The number of benzene rings is 1. The summed E-state index contributed by atoms with van der Waals surface area (Å²) in [4.78, 5) is 25.8. The number of hydrogen-bond donors (Lipinski definition) is 1. The van der Waals surface area contributed by atoms with Gasteiger partial charge >= 0.3 is 5.97 Å². The number of hydrogen-bond acceptors (Lipinski definition) is 3. The van der Waals surface area contributed by atoms with Gasteiger partial charge in [0.05, 0.1) is 18.4 Å². The smallest absolute Gasteiger partial charge is 0.337 e. The topological polar surface area (TPSA) is 59.2 Å². The third-order valence-corrected chi connectivity index (χ3v) is 2.83. The lowest BCUT2D eigenvalue weighted by Crippen LogP contribution is -2.00. The maximum Gasteiger partial charge on any atom is 0.337 e. The minimum atomic E-state index is -0.378. The molecule has 1 aromatic heterocycles. The number of carbonyl (C=O) groups excluding carboxylic acids is 2. The first-order valence-corrected chi connectivity index (χ1v) is 5.26. The van der Waals surface area contributed by atoms with Crippen molar-refractivity contribution < 1.29 is 14.3 Å². The molecule has 2 rings (SSSR count). The molecule has 0 unspecified atom stereocenters. The highest BCUT2D eigenvalue weighted by Crippen LogP contribution is 2.23. The van der Waals surface area contributed by atoms with Crippen LogP contribution in [0.25, 0.3) is 10.9 Å². The summed E-state index contributed by atoms with van der Waals surface area (Å²) in [5.41, 5.74) is 2.78. The fourth-order valence-corrected chi connectivity index (χ4v) is 1.92. The van der Waals surface area contributed by atoms with Gasteiger partial charge in [0, 0.05) is 17.8 Å². The van der Waals surface area contributed by atoms with Crippen LogP contribution in [-0.2, 0) is 4.74 Å². The maximum atomic E-state index is 11.4. The van der Waals surface area contributed by atoms with Crippen LogP contribution < -0.4 is 0 Å². The Kier molecular flexibility index (Phi) is 2.71. The van der Waals surface area contributed by atoms with Crippen LogP contribution in [0.3, 0.4) is 0 Å². The summed E-state index contributed by atoms with van der Waals surface area (Å²) in [5, 5.41) is 0.873. The van der Waals surface area contributed by atoms with E-state index in [1.54, 1.807) is 18.2 Å². The third kappa shape index (κ3) is 1.82. The van der Waals surface area contributed by atoms with Crippen molar-refractivity contribution in [1.29, 1.82) is 0 Å². The van der Waals surface area contributed by atoms with E-state index in [0.717, 1.165) is 16.5 Å². The van der Waals surface area contributed by atoms with Gasteiger partial charge in [-0.15, -0.1) is 0 Å². The van der Waals surface area contributed by atoms with E-state index in [1.807, 2.05) is 6.92 Å². The number of fused-ring (bicyclic) bond motifs is 1. The normalized spacial score (nSPS) is 10.5. The number of esters is 1. The molecule has 0 amide bonds. The van der Waals surface area contributed by atoms with Gasteiger partial charge in [-0.2, -0.15) is 0 Å². The predicted octanol–water partition coefficient (Wildman–Crippen LogP) is 2.47. The number of methoxy groups -OCH3 is 1. The molecule has 1 heterocycles. The quantitative estimate of drug-likeness (QED) is 0.638. The van der Waals surface area contributed by atoms with Gasteiger partial charge in [0.2, 0.25) is 0 Å². The molecule has 0 aliphatic heterocycles. The van der Waals surface area contributed by atoms with Gasteiger partial charge in [-0.1, -0.05) is 0 Å². The lowest BCUT2D eigenvalue weighted by Gasteiger charge is -1.99. The SMILES string of the molecule is COC(=O)c1ccc2[nH]c(C(C)=O)c(C)c2c1. The second-order valence-electron chi connectivity index (χ2n) is 3.93. The molecule has 0 saturated carbocycles. The Morgan fingerprint density at radius 2 is 2.00 bits per heavy atom. The van der Waals surface area contributed by atoms with Crippen molar-refractivity contribution in [2.45, 2.75) is 13.8 Å². The summed E-state index contributed by atoms with van der Waals surface area (Å²) in [6.45, 7) is 3.37. The van der Waals surface area contributed by atoms with Crippen LogP contribution in [0.4, 0.5) is 0 Å². The van der Waals surface area contributed by atoms with E-state index in [0.29, 0.717) is 11.3 Å². The highest BCUT2D eigenvalue weighted by atomic mass is 16.5. The number of rotatable bonds is 2. The Morgan fingerprint density at radius 3 is 2.59 bits per heavy atom. The van der Waals surface area contributed by atoms with E-state index in [4.69, 9.17) is 0 Å². The minimum Gasteiger partial charge on any atom is -0.465 e. The Labute approximate surface area is 98.6 Å². The number of aryl methyl sites for hydroxylation is 1.